The van der Waals surface area contributed by atoms with Gasteiger partial charge in [-0.15, -0.1) is 0 Å². The molecule has 3 heteroatoms. The van der Waals surface area contributed by atoms with E-state index >= 15 is 0 Å². The van der Waals surface area contributed by atoms with Gasteiger partial charge in [0.25, 0.3) is 0 Å². The Hall–Kier alpha value is -2.13. The molecule has 1 aliphatic heterocycles. The van der Waals surface area contributed by atoms with Crippen LogP contribution in [0.4, 0.5) is 5.69 Å². The number of carbonyl (C=O) groups is 1. The number of amides is 1. The molecule has 2 aromatic rings. The Balaban J connectivity index is 1.80. The minimum atomic E-state index is -0.125. The molecule has 2 N–H and O–H groups in total. The van der Waals surface area contributed by atoms with Crippen LogP contribution in [-0.2, 0) is 17.8 Å². The largest absolute Gasteiger partial charge is 0.326 e. The Kier molecular flexibility index (Phi) is 4.02. The van der Waals surface area contributed by atoms with E-state index in [4.69, 9.17) is 0 Å². The molecule has 21 heavy (non-hydrogen) atoms. The molecule has 3 nitrogen and oxygen atoms in total. The third-order valence-electron chi connectivity index (χ3n) is 4.01. The number of nitrogens with one attached hydrogen (secondary N) is 2. The minimum absolute atomic E-state index is 0.0582. The molecule has 3 rings (SSSR count). The second-order valence-corrected chi connectivity index (χ2v) is 5.43. The number of fused-ring (bicyclic) bond motifs is 1. The zero-order valence-electron chi connectivity index (χ0n) is 12.2. The number of hydrogen-bond acceptors (Lipinski definition) is 2. The van der Waals surface area contributed by atoms with E-state index in [1.54, 1.807) is 0 Å². The zero-order chi connectivity index (χ0) is 14.7. The molecule has 0 saturated carbocycles. The van der Waals surface area contributed by atoms with Crippen LogP contribution < -0.4 is 10.6 Å². The van der Waals surface area contributed by atoms with Gasteiger partial charge in [0.2, 0.25) is 5.91 Å². The molecule has 1 heterocycles. The molecule has 1 aliphatic rings. The maximum atomic E-state index is 12.6. The fraction of sp³-hybridized carbons (Fsp3) is 0.278. The van der Waals surface area contributed by atoms with E-state index in [9.17, 15) is 4.79 Å². The fourth-order valence-corrected chi connectivity index (χ4v) is 2.83. The van der Waals surface area contributed by atoms with Crippen molar-refractivity contribution in [1.82, 2.24) is 5.32 Å². The molecule has 0 radical (unpaired) electrons. The Labute approximate surface area is 125 Å². The highest BCUT2D eigenvalue weighted by Gasteiger charge is 2.25. The van der Waals surface area contributed by atoms with Gasteiger partial charge in [0, 0.05) is 18.8 Å². The van der Waals surface area contributed by atoms with Crippen LogP contribution in [0.25, 0.3) is 0 Å². The molecular weight excluding hydrogens is 260 g/mol. The number of aryl methyl sites for hydroxylation is 1. The van der Waals surface area contributed by atoms with Crippen molar-refractivity contribution in [2.45, 2.75) is 25.8 Å². The summed E-state index contributed by atoms with van der Waals surface area (Å²) in [5, 5.41) is 6.37. The van der Waals surface area contributed by atoms with Crippen LogP contribution in [0.3, 0.4) is 0 Å². The maximum absolute atomic E-state index is 12.6. The van der Waals surface area contributed by atoms with Gasteiger partial charge in [0.15, 0.2) is 0 Å². The monoisotopic (exact) mass is 280 g/mol. The van der Waals surface area contributed by atoms with Crippen molar-refractivity contribution in [2.75, 3.05) is 11.9 Å². The molecule has 1 atom stereocenters. The fourth-order valence-electron chi connectivity index (χ4n) is 2.83. The van der Waals surface area contributed by atoms with Crippen molar-refractivity contribution in [1.29, 1.82) is 0 Å². The third kappa shape index (κ3) is 2.98. The topological polar surface area (TPSA) is 41.1 Å². The molecule has 0 aromatic heterocycles. The maximum Gasteiger partial charge on any atom is 0.233 e. The smallest absolute Gasteiger partial charge is 0.233 e. The van der Waals surface area contributed by atoms with E-state index in [0.29, 0.717) is 6.54 Å². The lowest BCUT2D eigenvalue weighted by Gasteiger charge is -2.25. The first-order valence-electron chi connectivity index (χ1n) is 7.46. The lowest BCUT2D eigenvalue weighted by molar-refractivity contribution is -0.117. The molecule has 0 aliphatic carbocycles. The number of anilines is 1. The summed E-state index contributed by atoms with van der Waals surface area (Å²) in [5.74, 6) is -0.0665. The van der Waals surface area contributed by atoms with Crippen molar-refractivity contribution >= 4 is 11.6 Å². The number of hydrogen-bond donors (Lipinski definition) is 2. The molecule has 0 bridgehead atoms. The highest BCUT2D eigenvalue weighted by Crippen LogP contribution is 2.25. The summed E-state index contributed by atoms with van der Waals surface area (Å²) in [5.41, 5.74) is 4.46. The first kappa shape index (κ1) is 13.8. The minimum Gasteiger partial charge on any atom is -0.326 e. The van der Waals surface area contributed by atoms with Gasteiger partial charge in [-0.1, -0.05) is 43.3 Å². The van der Waals surface area contributed by atoms with Gasteiger partial charge < -0.3 is 10.6 Å². The van der Waals surface area contributed by atoms with Crippen molar-refractivity contribution in [2.24, 2.45) is 0 Å². The predicted octanol–water partition coefficient (Wildman–Crippen LogP) is 3.07. The quantitative estimate of drug-likeness (QED) is 0.907. The van der Waals surface area contributed by atoms with E-state index in [1.807, 2.05) is 30.3 Å². The van der Waals surface area contributed by atoms with Crippen molar-refractivity contribution < 1.29 is 4.79 Å². The Morgan fingerprint density at radius 3 is 2.95 bits per heavy atom. The van der Waals surface area contributed by atoms with Crippen LogP contribution in [0.1, 0.15) is 29.5 Å². The SMILES string of the molecule is CCc1cccc(NC(=O)C2CNCc3ccccc32)c1. The summed E-state index contributed by atoms with van der Waals surface area (Å²) >= 11 is 0. The highest BCUT2D eigenvalue weighted by molar-refractivity contribution is 5.96. The number of benzene rings is 2. The standard InChI is InChI=1S/C18H20N2O/c1-2-13-6-5-8-15(10-13)20-18(21)17-12-19-11-14-7-3-4-9-16(14)17/h3-10,17,19H,2,11-12H2,1H3,(H,20,21). The van der Waals surface area contributed by atoms with Crippen molar-refractivity contribution in [3.05, 3.63) is 65.2 Å². The summed E-state index contributed by atoms with van der Waals surface area (Å²) in [6.07, 6.45) is 0.970. The average molecular weight is 280 g/mol. The molecule has 108 valence electrons. The molecule has 1 unspecified atom stereocenters. The molecule has 1 amide bonds. The van der Waals surface area contributed by atoms with Gasteiger partial charge in [0.05, 0.1) is 5.92 Å². The average Bonchev–Trinajstić information content (AvgIpc) is 2.54. The van der Waals surface area contributed by atoms with Crippen LogP contribution in [0.5, 0.6) is 0 Å². The number of carbonyl (C=O) groups excluding carboxylic acids is 1. The third-order valence-corrected chi connectivity index (χ3v) is 4.01. The van der Waals surface area contributed by atoms with Crippen LogP contribution in [0.2, 0.25) is 0 Å². The second kappa shape index (κ2) is 6.10. The first-order valence-corrected chi connectivity index (χ1v) is 7.46. The zero-order valence-corrected chi connectivity index (χ0v) is 12.2. The van der Waals surface area contributed by atoms with Gasteiger partial charge in [0.1, 0.15) is 0 Å². The normalized spacial score (nSPS) is 17.1. The van der Waals surface area contributed by atoms with E-state index in [0.717, 1.165) is 24.2 Å². The Morgan fingerprint density at radius 1 is 1.24 bits per heavy atom. The summed E-state index contributed by atoms with van der Waals surface area (Å²) in [6, 6.07) is 16.2. The van der Waals surface area contributed by atoms with Crippen molar-refractivity contribution in [3.63, 3.8) is 0 Å². The van der Waals surface area contributed by atoms with Gasteiger partial charge >= 0.3 is 0 Å². The van der Waals surface area contributed by atoms with Gasteiger partial charge in [-0.2, -0.15) is 0 Å². The summed E-state index contributed by atoms with van der Waals surface area (Å²) in [6.45, 7) is 3.64. The molecule has 2 aromatic carbocycles. The highest BCUT2D eigenvalue weighted by atomic mass is 16.1. The molecule has 0 fully saturated rings. The van der Waals surface area contributed by atoms with E-state index in [-0.39, 0.29) is 11.8 Å². The summed E-state index contributed by atoms with van der Waals surface area (Å²) in [7, 11) is 0. The molecule has 0 saturated heterocycles. The lowest BCUT2D eigenvalue weighted by Crippen LogP contribution is -2.35. The van der Waals surface area contributed by atoms with E-state index in [1.165, 1.54) is 11.1 Å². The lowest BCUT2D eigenvalue weighted by atomic mass is 9.90. The first-order chi connectivity index (χ1) is 10.3. The number of rotatable bonds is 3. The van der Waals surface area contributed by atoms with Gasteiger partial charge in [-0.25, -0.2) is 0 Å². The van der Waals surface area contributed by atoms with Crippen molar-refractivity contribution in [3.8, 4) is 0 Å². The Morgan fingerprint density at radius 2 is 2.10 bits per heavy atom. The second-order valence-electron chi connectivity index (χ2n) is 5.43. The van der Waals surface area contributed by atoms with Crippen LogP contribution in [0, 0.1) is 0 Å². The molecular formula is C18H20N2O. The Bertz CT molecular complexity index is 651. The van der Waals surface area contributed by atoms with Gasteiger partial charge in [-0.05, 0) is 35.2 Å². The summed E-state index contributed by atoms with van der Waals surface area (Å²) < 4.78 is 0. The molecule has 0 spiro atoms. The predicted molar refractivity (Wildman–Crippen MR) is 85.3 cm³/mol. The van der Waals surface area contributed by atoms with Crippen LogP contribution in [0.15, 0.2) is 48.5 Å². The van der Waals surface area contributed by atoms with E-state index in [2.05, 4.69) is 35.8 Å². The van der Waals surface area contributed by atoms with Crippen LogP contribution >= 0.6 is 0 Å². The van der Waals surface area contributed by atoms with Crippen LogP contribution in [-0.4, -0.2) is 12.5 Å². The summed E-state index contributed by atoms with van der Waals surface area (Å²) in [4.78, 5) is 12.6. The van der Waals surface area contributed by atoms with Gasteiger partial charge in [-0.3, -0.25) is 4.79 Å². The van der Waals surface area contributed by atoms with E-state index < -0.39 is 0 Å².